The van der Waals surface area contributed by atoms with Gasteiger partial charge in [-0.05, 0) is 24.3 Å². The van der Waals surface area contributed by atoms with E-state index in [1.807, 2.05) is 0 Å². The molecule has 1 aliphatic rings. The van der Waals surface area contributed by atoms with Crippen molar-refractivity contribution in [3.63, 3.8) is 0 Å². The highest BCUT2D eigenvalue weighted by Crippen LogP contribution is 2.21. The Hall–Kier alpha value is -3.52. The third-order valence-electron chi connectivity index (χ3n) is 4.38. The normalized spacial score (nSPS) is 12.8. The largest absolute Gasteiger partial charge is 0.478 e. The van der Waals surface area contributed by atoms with Gasteiger partial charge in [-0.25, -0.2) is 4.79 Å². The summed E-state index contributed by atoms with van der Waals surface area (Å²) in [5.74, 6) is -2.24. The van der Waals surface area contributed by atoms with Crippen molar-refractivity contribution in [3.8, 4) is 0 Å². The molecule has 0 saturated heterocycles. The molecule has 8 nitrogen and oxygen atoms in total. The maximum atomic E-state index is 12.2. The van der Waals surface area contributed by atoms with Crippen LogP contribution in [0.1, 0.15) is 41.4 Å². The highest BCUT2D eigenvalue weighted by molar-refractivity contribution is 6.21. The molecular formula is C20H19N3O5. The number of fused-ring (bicyclic) bond motifs is 1. The van der Waals surface area contributed by atoms with Crippen molar-refractivity contribution in [2.24, 2.45) is 0 Å². The van der Waals surface area contributed by atoms with Crippen molar-refractivity contribution in [1.29, 1.82) is 0 Å². The zero-order valence-electron chi connectivity index (χ0n) is 15.0. The lowest BCUT2D eigenvalue weighted by Gasteiger charge is -2.14. The number of amides is 3. The molecule has 8 heteroatoms. The second-order valence-corrected chi connectivity index (χ2v) is 6.16. The minimum atomic E-state index is -1.16. The molecule has 1 aliphatic heterocycles. The van der Waals surface area contributed by atoms with Crippen LogP contribution in [0.4, 0.5) is 0 Å². The Morgan fingerprint density at radius 2 is 1.39 bits per heavy atom. The molecule has 0 bridgehead atoms. The summed E-state index contributed by atoms with van der Waals surface area (Å²) >= 11 is 0. The summed E-state index contributed by atoms with van der Waals surface area (Å²) in [5, 5.41) is 14.8. The van der Waals surface area contributed by atoms with E-state index in [1.165, 1.54) is 17.0 Å². The summed E-state index contributed by atoms with van der Waals surface area (Å²) in [6.07, 6.45) is 0. The summed E-state index contributed by atoms with van der Waals surface area (Å²) in [7, 11) is 0. The van der Waals surface area contributed by atoms with Crippen LogP contribution >= 0.6 is 0 Å². The van der Waals surface area contributed by atoms with Gasteiger partial charge in [0.1, 0.15) is 0 Å². The average Bonchev–Trinajstić information content (AvgIpc) is 2.95. The van der Waals surface area contributed by atoms with E-state index in [-0.39, 0.29) is 36.0 Å². The molecule has 0 saturated carbocycles. The summed E-state index contributed by atoms with van der Waals surface area (Å²) in [4.78, 5) is 48.9. The van der Waals surface area contributed by atoms with Crippen molar-refractivity contribution < 1.29 is 24.3 Å². The van der Waals surface area contributed by atoms with E-state index in [9.17, 15) is 19.2 Å². The first-order chi connectivity index (χ1) is 13.5. The number of nitrogens with zero attached hydrogens (tertiary/aromatic N) is 1. The maximum absolute atomic E-state index is 12.2. The molecule has 0 atom stereocenters. The zero-order chi connectivity index (χ0) is 20.1. The van der Waals surface area contributed by atoms with Crippen LogP contribution in [0, 0.1) is 0 Å². The summed E-state index contributed by atoms with van der Waals surface area (Å²) in [6.45, 7) is 1.29. The van der Waals surface area contributed by atoms with Gasteiger partial charge in [0, 0.05) is 26.2 Å². The van der Waals surface area contributed by atoms with E-state index >= 15 is 0 Å². The van der Waals surface area contributed by atoms with E-state index in [4.69, 9.17) is 5.11 Å². The molecule has 144 valence electrons. The van der Waals surface area contributed by atoms with E-state index in [2.05, 4.69) is 10.6 Å². The average molecular weight is 381 g/mol. The molecule has 0 fully saturated rings. The van der Waals surface area contributed by atoms with Gasteiger partial charge in [0.2, 0.25) is 0 Å². The van der Waals surface area contributed by atoms with Gasteiger partial charge >= 0.3 is 5.97 Å². The Bertz CT molecular complexity index is 906. The molecule has 0 unspecified atom stereocenters. The predicted octanol–water partition coefficient (Wildman–Crippen LogP) is 1.00. The third kappa shape index (κ3) is 3.91. The van der Waals surface area contributed by atoms with Crippen molar-refractivity contribution in [1.82, 2.24) is 15.5 Å². The highest BCUT2D eigenvalue weighted by atomic mass is 16.4. The van der Waals surface area contributed by atoms with Gasteiger partial charge in [0.15, 0.2) is 0 Å². The molecule has 0 aliphatic carbocycles. The summed E-state index contributed by atoms with van der Waals surface area (Å²) in [5.41, 5.74) is 0.869. The molecule has 0 spiro atoms. The second-order valence-electron chi connectivity index (χ2n) is 6.16. The van der Waals surface area contributed by atoms with Crippen LogP contribution in [0.25, 0.3) is 0 Å². The number of carboxylic acids is 1. The topological polar surface area (TPSA) is 116 Å². The number of carbonyl (C=O) groups is 4. The van der Waals surface area contributed by atoms with Gasteiger partial charge in [0.05, 0.1) is 22.3 Å². The van der Waals surface area contributed by atoms with E-state index in [0.717, 1.165) is 0 Å². The molecule has 3 rings (SSSR count). The van der Waals surface area contributed by atoms with Gasteiger partial charge in [-0.1, -0.05) is 24.3 Å². The fourth-order valence-corrected chi connectivity index (χ4v) is 2.99. The monoisotopic (exact) mass is 381 g/mol. The Labute approximate surface area is 161 Å². The molecule has 2 aromatic carbocycles. The third-order valence-corrected chi connectivity index (χ3v) is 4.38. The standard InChI is InChI=1S/C20H19N3O5/c24-17(13-5-1-4-8-16(13)20(27)28)22-10-9-21-11-12-23-18(25)14-6-2-3-7-15(14)19(23)26/h1-8,21H,9-12H2,(H,22,24)(H,27,28). The lowest BCUT2D eigenvalue weighted by Crippen LogP contribution is -2.39. The molecule has 2 aromatic rings. The Morgan fingerprint density at radius 3 is 2.00 bits per heavy atom. The zero-order valence-corrected chi connectivity index (χ0v) is 15.0. The van der Waals surface area contributed by atoms with Crippen molar-refractivity contribution >= 4 is 23.7 Å². The molecule has 3 amide bonds. The number of nitrogens with one attached hydrogen (secondary N) is 2. The number of benzene rings is 2. The van der Waals surface area contributed by atoms with Gasteiger partial charge in [-0.15, -0.1) is 0 Å². The number of imide groups is 1. The highest BCUT2D eigenvalue weighted by Gasteiger charge is 2.34. The first kappa shape index (κ1) is 19.2. The number of rotatable bonds is 8. The molecule has 28 heavy (non-hydrogen) atoms. The number of hydrogen-bond acceptors (Lipinski definition) is 5. The number of carbonyl (C=O) groups excluding carboxylic acids is 3. The molecular weight excluding hydrogens is 362 g/mol. The van der Waals surface area contributed by atoms with E-state index in [0.29, 0.717) is 24.2 Å². The predicted molar refractivity (Wildman–Crippen MR) is 100 cm³/mol. The Balaban J connectivity index is 1.42. The summed E-state index contributed by atoms with van der Waals surface area (Å²) < 4.78 is 0. The number of carboxylic acid groups (broad SMARTS) is 1. The smallest absolute Gasteiger partial charge is 0.336 e. The number of aromatic carboxylic acids is 1. The van der Waals surface area contributed by atoms with Crippen molar-refractivity contribution in [2.45, 2.75) is 0 Å². The minimum absolute atomic E-state index is 0.0569. The Kier molecular flexibility index (Phi) is 5.81. The molecule has 0 radical (unpaired) electrons. The fourth-order valence-electron chi connectivity index (χ4n) is 2.99. The van der Waals surface area contributed by atoms with Crippen molar-refractivity contribution in [3.05, 3.63) is 70.8 Å². The van der Waals surface area contributed by atoms with Crippen LogP contribution in [0.2, 0.25) is 0 Å². The van der Waals surface area contributed by atoms with E-state index in [1.54, 1.807) is 36.4 Å². The number of hydrogen-bond donors (Lipinski definition) is 3. The van der Waals surface area contributed by atoms with Crippen LogP contribution in [-0.2, 0) is 0 Å². The lowest BCUT2D eigenvalue weighted by molar-refractivity contribution is 0.0652. The van der Waals surface area contributed by atoms with Crippen LogP contribution in [0.15, 0.2) is 48.5 Å². The van der Waals surface area contributed by atoms with Crippen LogP contribution in [-0.4, -0.2) is 59.9 Å². The first-order valence-electron chi connectivity index (χ1n) is 8.77. The molecule has 0 aromatic heterocycles. The maximum Gasteiger partial charge on any atom is 0.336 e. The van der Waals surface area contributed by atoms with Gasteiger partial charge in [-0.3, -0.25) is 19.3 Å². The molecule has 1 heterocycles. The molecule has 3 N–H and O–H groups in total. The van der Waals surface area contributed by atoms with Crippen LogP contribution in [0.5, 0.6) is 0 Å². The van der Waals surface area contributed by atoms with Crippen LogP contribution < -0.4 is 10.6 Å². The van der Waals surface area contributed by atoms with Crippen molar-refractivity contribution in [2.75, 3.05) is 26.2 Å². The first-order valence-corrected chi connectivity index (χ1v) is 8.77. The SMILES string of the molecule is O=C(O)c1ccccc1C(=O)NCCNCCN1C(=O)c2ccccc2C1=O. The second kappa shape index (κ2) is 8.45. The fraction of sp³-hybridized carbons (Fsp3) is 0.200. The quantitative estimate of drug-likeness (QED) is 0.464. The van der Waals surface area contributed by atoms with Gasteiger partial charge < -0.3 is 15.7 Å². The van der Waals surface area contributed by atoms with Gasteiger partial charge in [0.25, 0.3) is 17.7 Å². The summed E-state index contributed by atoms with van der Waals surface area (Å²) in [6, 6.07) is 12.7. The van der Waals surface area contributed by atoms with Gasteiger partial charge in [-0.2, -0.15) is 0 Å². The lowest BCUT2D eigenvalue weighted by atomic mass is 10.1. The Morgan fingerprint density at radius 1 is 0.821 bits per heavy atom. The van der Waals surface area contributed by atoms with Crippen LogP contribution in [0.3, 0.4) is 0 Å². The van der Waals surface area contributed by atoms with E-state index < -0.39 is 11.9 Å². The minimum Gasteiger partial charge on any atom is -0.478 e.